The summed E-state index contributed by atoms with van der Waals surface area (Å²) in [6, 6.07) is 0. The van der Waals surface area contributed by atoms with Gasteiger partial charge in [0.05, 0.1) is 0 Å². The quantitative estimate of drug-likeness (QED) is 0.549. The predicted octanol–water partition coefficient (Wildman–Crippen LogP) is 5.05. The summed E-state index contributed by atoms with van der Waals surface area (Å²) >= 11 is 0. The van der Waals surface area contributed by atoms with Gasteiger partial charge in [-0.2, -0.15) is 0 Å². The molecule has 2 fully saturated rings. The van der Waals surface area contributed by atoms with Gasteiger partial charge in [0.2, 0.25) is 0 Å². The number of rotatable bonds is 6. The summed E-state index contributed by atoms with van der Waals surface area (Å²) in [6.45, 7) is 13.8. The molecule has 0 amide bonds. The summed E-state index contributed by atoms with van der Waals surface area (Å²) in [5, 5.41) is 0. The monoisotopic (exact) mass is 220 g/mol. The molecule has 0 aromatic rings. The lowest BCUT2D eigenvalue weighted by Gasteiger charge is -2.28. The third kappa shape index (κ3) is 2.21. The van der Waals surface area contributed by atoms with Gasteiger partial charge in [-0.3, -0.25) is 0 Å². The van der Waals surface area contributed by atoms with Gasteiger partial charge in [-0.05, 0) is 48.3 Å². The van der Waals surface area contributed by atoms with Crippen LogP contribution in [0.4, 0.5) is 0 Å². The Morgan fingerprint density at radius 1 is 1.38 bits per heavy atom. The fraction of sp³-hybridized carbons (Fsp3) is 0.875. The smallest absolute Gasteiger partial charge is 0.0149 e. The fourth-order valence-electron chi connectivity index (χ4n) is 3.56. The van der Waals surface area contributed by atoms with Crippen molar-refractivity contribution in [1.29, 1.82) is 0 Å². The van der Waals surface area contributed by atoms with Crippen molar-refractivity contribution in [3.05, 3.63) is 12.2 Å². The van der Waals surface area contributed by atoms with Crippen LogP contribution in [0.25, 0.3) is 0 Å². The Morgan fingerprint density at radius 2 is 2.00 bits per heavy atom. The maximum absolute atomic E-state index is 4.36. The molecule has 3 atom stereocenters. The van der Waals surface area contributed by atoms with Crippen LogP contribution in [0.3, 0.4) is 0 Å². The zero-order valence-electron chi connectivity index (χ0n) is 11.6. The number of hydrogen-bond acceptors (Lipinski definition) is 0. The van der Waals surface area contributed by atoms with Crippen molar-refractivity contribution in [1.82, 2.24) is 0 Å². The summed E-state index contributed by atoms with van der Waals surface area (Å²) in [7, 11) is 0. The molecule has 0 nitrogen and oxygen atoms in total. The summed E-state index contributed by atoms with van der Waals surface area (Å²) < 4.78 is 0. The molecule has 0 saturated heterocycles. The molecule has 2 aliphatic carbocycles. The van der Waals surface area contributed by atoms with E-state index in [1.54, 1.807) is 0 Å². The van der Waals surface area contributed by atoms with Crippen molar-refractivity contribution in [3.63, 3.8) is 0 Å². The standard InChI is InChI=1S/C16H28/c1-6-15(12(4)11(2)3)16(5)10-14(16)9-13-7-8-13/h11,13-15H,4,6-10H2,1-3,5H3. The first-order valence-corrected chi connectivity index (χ1v) is 7.17. The van der Waals surface area contributed by atoms with E-state index in [0.29, 0.717) is 11.3 Å². The molecule has 3 unspecified atom stereocenters. The Kier molecular flexibility index (Phi) is 3.20. The Morgan fingerprint density at radius 3 is 2.44 bits per heavy atom. The Bertz CT molecular complexity index is 272. The van der Waals surface area contributed by atoms with Crippen LogP contribution in [-0.2, 0) is 0 Å². The third-order valence-electron chi connectivity index (χ3n) is 5.17. The Labute approximate surface area is 102 Å². The second-order valence-corrected chi connectivity index (χ2v) is 6.78. The average Bonchev–Trinajstić information content (AvgIpc) is 3.10. The van der Waals surface area contributed by atoms with Gasteiger partial charge in [-0.1, -0.05) is 52.7 Å². The first kappa shape index (κ1) is 12.2. The highest BCUT2D eigenvalue weighted by atomic mass is 14.6. The van der Waals surface area contributed by atoms with Crippen molar-refractivity contribution in [2.75, 3.05) is 0 Å². The molecule has 0 aromatic heterocycles. The fourth-order valence-corrected chi connectivity index (χ4v) is 3.56. The lowest BCUT2D eigenvalue weighted by molar-refractivity contribution is 0.313. The molecule has 2 rings (SSSR count). The second-order valence-electron chi connectivity index (χ2n) is 6.78. The summed E-state index contributed by atoms with van der Waals surface area (Å²) in [6.07, 6.45) is 7.28. The highest BCUT2D eigenvalue weighted by Gasteiger charge is 2.55. The molecule has 0 spiro atoms. The zero-order valence-corrected chi connectivity index (χ0v) is 11.6. The SMILES string of the molecule is C=C(C(C)C)C(CC)C1(C)CC1CC1CC1. The van der Waals surface area contributed by atoms with Gasteiger partial charge in [-0.15, -0.1) is 0 Å². The zero-order chi connectivity index (χ0) is 11.9. The molecule has 2 aliphatic rings. The molecule has 2 saturated carbocycles. The highest BCUT2D eigenvalue weighted by Crippen LogP contribution is 2.64. The number of hydrogen-bond donors (Lipinski definition) is 0. The Hall–Kier alpha value is -0.260. The maximum Gasteiger partial charge on any atom is -0.0149 e. The number of allylic oxidation sites excluding steroid dienone is 1. The van der Waals surface area contributed by atoms with E-state index < -0.39 is 0 Å². The van der Waals surface area contributed by atoms with Crippen LogP contribution < -0.4 is 0 Å². The minimum atomic E-state index is 0.610. The molecule has 0 heterocycles. The summed E-state index contributed by atoms with van der Waals surface area (Å²) in [5.74, 6) is 3.54. The van der Waals surface area contributed by atoms with E-state index in [4.69, 9.17) is 0 Å². The topological polar surface area (TPSA) is 0 Å². The molecule has 0 heteroatoms. The van der Waals surface area contributed by atoms with Crippen LogP contribution in [0.5, 0.6) is 0 Å². The van der Waals surface area contributed by atoms with Gasteiger partial charge in [0.15, 0.2) is 0 Å². The van der Waals surface area contributed by atoms with Crippen LogP contribution >= 0.6 is 0 Å². The molecular formula is C16H28. The van der Waals surface area contributed by atoms with Crippen LogP contribution in [-0.4, -0.2) is 0 Å². The first-order valence-electron chi connectivity index (χ1n) is 7.17. The van der Waals surface area contributed by atoms with Crippen LogP contribution in [0.15, 0.2) is 12.2 Å². The van der Waals surface area contributed by atoms with Crippen molar-refractivity contribution in [2.24, 2.45) is 29.1 Å². The lowest BCUT2D eigenvalue weighted by Crippen LogP contribution is -2.19. The Balaban J connectivity index is 1.96. The lowest BCUT2D eigenvalue weighted by atomic mass is 9.77. The van der Waals surface area contributed by atoms with Crippen LogP contribution in [0.2, 0.25) is 0 Å². The average molecular weight is 220 g/mol. The molecular weight excluding hydrogens is 192 g/mol. The molecule has 0 aromatic carbocycles. The van der Waals surface area contributed by atoms with E-state index in [9.17, 15) is 0 Å². The van der Waals surface area contributed by atoms with Crippen LogP contribution in [0.1, 0.15) is 59.8 Å². The first-order chi connectivity index (χ1) is 7.49. The van der Waals surface area contributed by atoms with Crippen molar-refractivity contribution in [2.45, 2.75) is 59.8 Å². The van der Waals surface area contributed by atoms with E-state index in [2.05, 4.69) is 34.3 Å². The largest absolute Gasteiger partial charge is 0.0993 e. The molecule has 0 N–H and O–H groups in total. The van der Waals surface area contributed by atoms with Crippen molar-refractivity contribution < 1.29 is 0 Å². The molecule has 0 bridgehead atoms. The molecule has 0 aliphatic heterocycles. The van der Waals surface area contributed by atoms with Gasteiger partial charge in [0.1, 0.15) is 0 Å². The summed E-state index contributed by atoms with van der Waals surface area (Å²) in [5.41, 5.74) is 2.11. The van der Waals surface area contributed by atoms with Crippen molar-refractivity contribution >= 4 is 0 Å². The minimum absolute atomic E-state index is 0.610. The molecule has 0 radical (unpaired) electrons. The van der Waals surface area contributed by atoms with Gasteiger partial charge in [0, 0.05) is 0 Å². The van der Waals surface area contributed by atoms with Crippen molar-refractivity contribution in [3.8, 4) is 0 Å². The van der Waals surface area contributed by atoms with Gasteiger partial charge in [-0.25, -0.2) is 0 Å². The van der Waals surface area contributed by atoms with E-state index in [0.717, 1.165) is 17.8 Å². The van der Waals surface area contributed by atoms with E-state index >= 15 is 0 Å². The third-order valence-corrected chi connectivity index (χ3v) is 5.17. The van der Waals surface area contributed by atoms with Gasteiger partial charge >= 0.3 is 0 Å². The summed E-state index contributed by atoms with van der Waals surface area (Å²) in [4.78, 5) is 0. The minimum Gasteiger partial charge on any atom is -0.0993 e. The van der Waals surface area contributed by atoms with Gasteiger partial charge < -0.3 is 0 Å². The van der Waals surface area contributed by atoms with Gasteiger partial charge in [0.25, 0.3) is 0 Å². The maximum atomic E-state index is 4.36. The van der Waals surface area contributed by atoms with E-state index in [1.807, 2.05) is 0 Å². The molecule has 92 valence electrons. The molecule has 16 heavy (non-hydrogen) atoms. The highest BCUT2D eigenvalue weighted by molar-refractivity contribution is 5.16. The second kappa shape index (κ2) is 4.20. The van der Waals surface area contributed by atoms with E-state index in [1.165, 1.54) is 37.7 Å². The predicted molar refractivity (Wildman–Crippen MR) is 71.3 cm³/mol. The van der Waals surface area contributed by atoms with Crippen LogP contribution in [0, 0.1) is 29.1 Å². The normalized spacial score (nSPS) is 35.2. The van der Waals surface area contributed by atoms with E-state index in [-0.39, 0.29) is 0 Å².